The minimum Gasteiger partial charge on any atom is -0.384 e. The SMILES string of the molecule is CCC1(CC)CCN(C(=O)C2(COC)CC2)C1. The molecule has 1 aliphatic carbocycles. The van der Waals surface area contributed by atoms with Gasteiger partial charge in [-0.15, -0.1) is 0 Å². The fraction of sp³-hybridized carbons (Fsp3) is 0.929. The highest BCUT2D eigenvalue weighted by Gasteiger charge is 2.53. The maximum Gasteiger partial charge on any atom is 0.231 e. The first kappa shape index (κ1) is 12.9. The Morgan fingerprint density at radius 1 is 1.24 bits per heavy atom. The standard InChI is InChI=1S/C14H25NO2/c1-4-13(5-2)8-9-15(10-13)12(16)14(6-7-14)11-17-3/h4-11H2,1-3H3. The summed E-state index contributed by atoms with van der Waals surface area (Å²) in [7, 11) is 1.69. The summed E-state index contributed by atoms with van der Waals surface area (Å²) < 4.78 is 5.21. The maximum absolute atomic E-state index is 12.5. The number of carbonyl (C=O) groups excluding carboxylic acids is 1. The highest BCUT2D eigenvalue weighted by atomic mass is 16.5. The molecule has 2 fully saturated rings. The van der Waals surface area contributed by atoms with Crippen molar-refractivity contribution in [1.82, 2.24) is 4.90 Å². The van der Waals surface area contributed by atoms with Gasteiger partial charge in [-0.05, 0) is 37.5 Å². The predicted octanol–water partition coefficient (Wildman–Crippen LogP) is 2.45. The summed E-state index contributed by atoms with van der Waals surface area (Å²) in [6.45, 7) is 7.02. The van der Waals surface area contributed by atoms with E-state index in [-0.39, 0.29) is 5.41 Å². The molecular formula is C14H25NO2. The number of ether oxygens (including phenoxy) is 1. The molecule has 3 nitrogen and oxygen atoms in total. The molecular weight excluding hydrogens is 214 g/mol. The Hall–Kier alpha value is -0.570. The van der Waals surface area contributed by atoms with Gasteiger partial charge in [0.05, 0.1) is 12.0 Å². The minimum absolute atomic E-state index is 0.147. The number of rotatable bonds is 5. The summed E-state index contributed by atoms with van der Waals surface area (Å²) in [6.07, 6.45) is 5.58. The quantitative estimate of drug-likeness (QED) is 0.737. The van der Waals surface area contributed by atoms with E-state index in [1.54, 1.807) is 7.11 Å². The first-order valence-electron chi connectivity index (χ1n) is 6.90. The lowest BCUT2D eigenvalue weighted by atomic mass is 9.82. The summed E-state index contributed by atoms with van der Waals surface area (Å²) in [5.41, 5.74) is 0.241. The van der Waals surface area contributed by atoms with Crippen LogP contribution < -0.4 is 0 Å². The third-order valence-electron chi connectivity index (χ3n) is 4.95. The molecule has 1 saturated carbocycles. The van der Waals surface area contributed by atoms with Gasteiger partial charge in [0.15, 0.2) is 0 Å². The van der Waals surface area contributed by atoms with Gasteiger partial charge < -0.3 is 9.64 Å². The molecule has 3 heteroatoms. The van der Waals surface area contributed by atoms with Crippen LogP contribution in [0.15, 0.2) is 0 Å². The molecule has 0 spiro atoms. The lowest BCUT2D eigenvalue weighted by molar-refractivity contribution is -0.138. The predicted molar refractivity (Wildman–Crippen MR) is 67.8 cm³/mol. The average Bonchev–Trinajstić information content (AvgIpc) is 3.01. The number of carbonyl (C=O) groups is 1. The highest BCUT2D eigenvalue weighted by Crippen LogP contribution is 2.49. The van der Waals surface area contributed by atoms with Crippen LogP contribution in [0.1, 0.15) is 46.0 Å². The molecule has 0 aromatic rings. The monoisotopic (exact) mass is 239 g/mol. The Morgan fingerprint density at radius 2 is 1.88 bits per heavy atom. The maximum atomic E-state index is 12.5. The Balaban J connectivity index is 1.99. The Kier molecular flexibility index (Phi) is 3.48. The summed E-state index contributed by atoms with van der Waals surface area (Å²) >= 11 is 0. The topological polar surface area (TPSA) is 29.5 Å². The van der Waals surface area contributed by atoms with Crippen molar-refractivity contribution in [1.29, 1.82) is 0 Å². The smallest absolute Gasteiger partial charge is 0.231 e. The fourth-order valence-electron chi connectivity index (χ4n) is 3.12. The zero-order valence-corrected chi connectivity index (χ0v) is 11.4. The van der Waals surface area contributed by atoms with Crippen molar-refractivity contribution in [3.05, 3.63) is 0 Å². The van der Waals surface area contributed by atoms with Crippen LogP contribution >= 0.6 is 0 Å². The van der Waals surface area contributed by atoms with Gasteiger partial charge in [0.25, 0.3) is 0 Å². The van der Waals surface area contributed by atoms with E-state index in [0.717, 1.165) is 25.9 Å². The Morgan fingerprint density at radius 3 is 2.29 bits per heavy atom. The molecule has 0 N–H and O–H groups in total. The van der Waals surface area contributed by atoms with Crippen molar-refractivity contribution >= 4 is 5.91 Å². The number of nitrogens with zero attached hydrogens (tertiary/aromatic N) is 1. The van der Waals surface area contributed by atoms with E-state index >= 15 is 0 Å². The Labute approximate surface area is 105 Å². The molecule has 1 amide bonds. The number of methoxy groups -OCH3 is 1. The van der Waals surface area contributed by atoms with Crippen molar-refractivity contribution in [2.45, 2.75) is 46.0 Å². The van der Waals surface area contributed by atoms with E-state index in [2.05, 4.69) is 18.7 Å². The molecule has 0 bridgehead atoms. The highest BCUT2D eigenvalue weighted by molar-refractivity contribution is 5.85. The van der Waals surface area contributed by atoms with E-state index in [1.807, 2.05) is 0 Å². The van der Waals surface area contributed by atoms with Crippen molar-refractivity contribution in [3.8, 4) is 0 Å². The molecule has 98 valence electrons. The van der Waals surface area contributed by atoms with E-state index in [4.69, 9.17) is 4.74 Å². The molecule has 1 heterocycles. The second-order valence-corrected chi connectivity index (χ2v) is 5.90. The summed E-state index contributed by atoms with van der Waals surface area (Å²) in [4.78, 5) is 14.6. The second kappa shape index (κ2) is 4.60. The minimum atomic E-state index is -0.147. The lowest BCUT2D eigenvalue weighted by Gasteiger charge is -2.28. The van der Waals surface area contributed by atoms with E-state index in [1.165, 1.54) is 19.3 Å². The largest absolute Gasteiger partial charge is 0.384 e. The summed E-state index contributed by atoms with van der Waals surface area (Å²) in [6, 6.07) is 0. The first-order chi connectivity index (χ1) is 8.11. The number of hydrogen-bond acceptors (Lipinski definition) is 2. The molecule has 0 radical (unpaired) electrons. The summed E-state index contributed by atoms with van der Waals surface area (Å²) in [5.74, 6) is 0.350. The molecule has 2 aliphatic rings. The third kappa shape index (κ3) is 2.22. The fourth-order valence-corrected chi connectivity index (χ4v) is 3.12. The van der Waals surface area contributed by atoms with Gasteiger partial charge in [-0.1, -0.05) is 13.8 Å². The number of amides is 1. The second-order valence-electron chi connectivity index (χ2n) is 5.90. The average molecular weight is 239 g/mol. The third-order valence-corrected chi connectivity index (χ3v) is 4.95. The van der Waals surface area contributed by atoms with E-state index in [9.17, 15) is 4.79 Å². The zero-order valence-electron chi connectivity index (χ0n) is 11.4. The lowest BCUT2D eigenvalue weighted by Crippen LogP contribution is -2.39. The van der Waals surface area contributed by atoms with Crippen LogP contribution in [0.3, 0.4) is 0 Å². The normalized spacial score (nSPS) is 25.0. The molecule has 17 heavy (non-hydrogen) atoms. The van der Waals surface area contributed by atoms with Crippen LogP contribution in [0.2, 0.25) is 0 Å². The van der Waals surface area contributed by atoms with Gasteiger partial charge in [0.2, 0.25) is 5.91 Å². The Bertz CT molecular complexity index is 293. The molecule has 1 aliphatic heterocycles. The van der Waals surface area contributed by atoms with Crippen LogP contribution in [-0.2, 0) is 9.53 Å². The van der Waals surface area contributed by atoms with Crippen molar-refractivity contribution in [2.24, 2.45) is 10.8 Å². The molecule has 2 rings (SSSR count). The van der Waals surface area contributed by atoms with E-state index in [0.29, 0.717) is 17.9 Å². The molecule has 0 aromatic carbocycles. The summed E-state index contributed by atoms with van der Waals surface area (Å²) in [5, 5.41) is 0. The van der Waals surface area contributed by atoms with Gasteiger partial charge in [-0.2, -0.15) is 0 Å². The molecule has 0 unspecified atom stereocenters. The van der Waals surface area contributed by atoms with Crippen LogP contribution in [0.25, 0.3) is 0 Å². The molecule has 1 saturated heterocycles. The zero-order chi connectivity index (χ0) is 12.5. The first-order valence-corrected chi connectivity index (χ1v) is 6.90. The van der Waals surface area contributed by atoms with Crippen LogP contribution in [0, 0.1) is 10.8 Å². The molecule has 0 aromatic heterocycles. The van der Waals surface area contributed by atoms with Crippen LogP contribution in [0.5, 0.6) is 0 Å². The van der Waals surface area contributed by atoms with Gasteiger partial charge in [-0.25, -0.2) is 0 Å². The van der Waals surface area contributed by atoms with Crippen molar-refractivity contribution in [3.63, 3.8) is 0 Å². The molecule has 0 atom stereocenters. The van der Waals surface area contributed by atoms with Gasteiger partial charge >= 0.3 is 0 Å². The van der Waals surface area contributed by atoms with E-state index < -0.39 is 0 Å². The van der Waals surface area contributed by atoms with Crippen molar-refractivity contribution in [2.75, 3.05) is 26.8 Å². The van der Waals surface area contributed by atoms with Crippen molar-refractivity contribution < 1.29 is 9.53 Å². The van der Waals surface area contributed by atoms with Gasteiger partial charge in [-0.3, -0.25) is 4.79 Å². The number of hydrogen-bond donors (Lipinski definition) is 0. The van der Waals surface area contributed by atoms with Gasteiger partial charge in [0.1, 0.15) is 0 Å². The van der Waals surface area contributed by atoms with Gasteiger partial charge in [0, 0.05) is 20.2 Å². The van der Waals surface area contributed by atoms with Crippen LogP contribution in [0.4, 0.5) is 0 Å². The van der Waals surface area contributed by atoms with Crippen LogP contribution in [-0.4, -0.2) is 37.6 Å². The number of likely N-dealkylation sites (tertiary alicyclic amines) is 1.